The smallest absolute Gasteiger partial charge is 0.198 e. The van der Waals surface area contributed by atoms with Gasteiger partial charge in [-0.05, 0) is 31.4 Å². The second-order valence-electron chi connectivity index (χ2n) is 6.23. The van der Waals surface area contributed by atoms with Gasteiger partial charge in [0.05, 0.1) is 25.0 Å². The van der Waals surface area contributed by atoms with E-state index in [0.29, 0.717) is 18.4 Å². The van der Waals surface area contributed by atoms with E-state index < -0.39 is 0 Å². The molecule has 116 valence electrons. The van der Waals surface area contributed by atoms with Crippen LogP contribution in [-0.4, -0.2) is 24.8 Å². The molecule has 1 aliphatic heterocycles. The van der Waals surface area contributed by atoms with Gasteiger partial charge in [0, 0.05) is 18.4 Å². The summed E-state index contributed by atoms with van der Waals surface area (Å²) < 4.78 is 17.4. The molecule has 2 aromatic rings. The van der Waals surface area contributed by atoms with Crippen LogP contribution in [0.25, 0.3) is 11.3 Å². The van der Waals surface area contributed by atoms with Gasteiger partial charge in [-0.2, -0.15) is 0 Å². The Morgan fingerprint density at radius 1 is 1.18 bits per heavy atom. The first-order chi connectivity index (χ1) is 10.9. The van der Waals surface area contributed by atoms with Crippen LogP contribution in [0.2, 0.25) is 0 Å². The number of oxazole rings is 1. The van der Waals surface area contributed by atoms with E-state index in [4.69, 9.17) is 13.9 Å². The molecule has 2 heterocycles. The Morgan fingerprint density at radius 2 is 2.09 bits per heavy atom. The van der Waals surface area contributed by atoms with Crippen molar-refractivity contribution < 1.29 is 13.9 Å². The molecule has 2 fully saturated rings. The first kappa shape index (κ1) is 13.8. The van der Waals surface area contributed by atoms with Crippen LogP contribution >= 0.6 is 0 Å². The largest absolute Gasteiger partial charge is 0.492 e. The van der Waals surface area contributed by atoms with E-state index in [0.717, 1.165) is 42.6 Å². The Balaban J connectivity index is 1.51. The van der Waals surface area contributed by atoms with Crippen LogP contribution in [0.1, 0.15) is 37.5 Å². The summed E-state index contributed by atoms with van der Waals surface area (Å²) in [4.78, 5) is 4.45. The molecule has 4 rings (SSSR count). The molecule has 1 saturated heterocycles. The summed E-state index contributed by atoms with van der Waals surface area (Å²) in [7, 11) is 0. The first-order valence-electron chi connectivity index (χ1n) is 8.16. The molecule has 1 saturated carbocycles. The second kappa shape index (κ2) is 6.13. The molecule has 0 N–H and O–H groups in total. The molecule has 1 aromatic heterocycles. The van der Waals surface area contributed by atoms with E-state index in [1.165, 1.54) is 19.3 Å². The summed E-state index contributed by atoms with van der Waals surface area (Å²) in [5.74, 6) is 3.55. The Hall–Kier alpha value is -1.81. The highest BCUT2D eigenvalue weighted by Gasteiger charge is 2.25. The molecule has 22 heavy (non-hydrogen) atoms. The Kier molecular flexibility index (Phi) is 3.85. The van der Waals surface area contributed by atoms with Gasteiger partial charge in [0.1, 0.15) is 5.75 Å². The molecule has 2 aliphatic rings. The van der Waals surface area contributed by atoms with Crippen molar-refractivity contribution in [1.29, 1.82) is 0 Å². The van der Waals surface area contributed by atoms with E-state index in [-0.39, 0.29) is 0 Å². The molecule has 1 aliphatic carbocycles. The normalized spacial score (nSPS) is 21.7. The van der Waals surface area contributed by atoms with Crippen molar-refractivity contribution in [3.05, 3.63) is 36.4 Å². The molecule has 0 amide bonds. The number of nitrogens with zero attached hydrogens (tertiary/aromatic N) is 1. The molecule has 0 radical (unpaired) electrons. The Morgan fingerprint density at radius 3 is 2.86 bits per heavy atom. The quantitative estimate of drug-likeness (QED) is 0.836. The number of para-hydroxylation sites is 1. The lowest BCUT2D eigenvalue weighted by Crippen LogP contribution is -2.12. The zero-order valence-electron chi connectivity index (χ0n) is 12.7. The molecule has 0 spiro atoms. The summed E-state index contributed by atoms with van der Waals surface area (Å²) in [6.45, 7) is 2.35. The summed E-state index contributed by atoms with van der Waals surface area (Å²) in [6, 6.07) is 8.03. The minimum absolute atomic E-state index is 0.494. The van der Waals surface area contributed by atoms with Gasteiger partial charge in [-0.3, -0.25) is 0 Å². The molecule has 1 unspecified atom stereocenters. The van der Waals surface area contributed by atoms with Crippen molar-refractivity contribution >= 4 is 0 Å². The van der Waals surface area contributed by atoms with Crippen LogP contribution in [0.15, 0.2) is 34.9 Å². The maximum atomic E-state index is 6.02. The average molecular weight is 299 g/mol. The number of rotatable bonds is 5. The van der Waals surface area contributed by atoms with Gasteiger partial charge < -0.3 is 13.9 Å². The van der Waals surface area contributed by atoms with E-state index >= 15 is 0 Å². The average Bonchev–Trinajstić information content (AvgIpc) is 3.15. The van der Waals surface area contributed by atoms with Crippen molar-refractivity contribution in [2.45, 2.75) is 31.6 Å². The SMILES string of the molecule is c1ccc(-c2cnc(C3CCC3)o2)c(OCC2CCOC2)c1. The van der Waals surface area contributed by atoms with Crippen LogP contribution in [0.3, 0.4) is 0 Å². The van der Waals surface area contributed by atoms with Crippen molar-refractivity contribution in [2.24, 2.45) is 5.92 Å². The van der Waals surface area contributed by atoms with Crippen LogP contribution in [-0.2, 0) is 4.74 Å². The Bertz CT molecular complexity index is 627. The third-order valence-electron chi connectivity index (χ3n) is 4.63. The lowest BCUT2D eigenvalue weighted by Gasteiger charge is -2.21. The van der Waals surface area contributed by atoms with Crippen LogP contribution < -0.4 is 4.74 Å². The molecular weight excluding hydrogens is 278 g/mol. The van der Waals surface area contributed by atoms with Crippen molar-refractivity contribution in [3.63, 3.8) is 0 Å². The number of hydrogen-bond donors (Lipinski definition) is 0. The number of hydrogen-bond acceptors (Lipinski definition) is 4. The first-order valence-corrected chi connectivity index (χ1v) is 8.16. The number of ether oxygens (including phenoxy) is 2. The van der Waals surface area contributed by atoms with Gasteiger partial charge in [-0.25, -0.2) is 4.98 Å². The lowest BCUT2D eigenvalue weighted by atomic mass is 9.85. The molecule has 4 heteroatoms. The third-order valence-corrected chi connectivity index (χ3v) is 4.63. The molecular formula is C18H21NO3. The topological polar surface area (TPSA) is 44.5 Å². The highest BCUT2D eigenvalue weighted by Crippen LogP contribution is 2.38. The maximum absolute atomic E-state index is 6.02. The van der Waals surface area contributed by atoms with E-state index in [1.807, 2.05) is 30.5 Å². The predicted octanol–water partition coefficient (Wildman–Crippen LogP) is 4.02. The zero-order chi connectivity index (χ0) is 14.8. The van der Waals surface area contributed by atoms with Crippen molar-refractivity contribution in [1.82, 2.24) is 4.98 Å². The van der Waals surface area contributed by atoms with Gasteiger partial charge in [0.25, 0.3) is 0 Å². The highest BCUT2D eigenvalue weighted by atomic mass is 16.5. The van der Waals surface area contributed by atoms with E-state index in [1.54, 1.807) is 0 Å². The minimum atomic E-state index is 0.494. The van der Waals surface area contributed by atoms with Gasteiger partial charge in [-0.15, -0.1) is 0 Å². The summed E-state index contributed by atoms with van der Waals surface area (Å²) in [5.41, 5.74) is 0.986. The summed E-state index contributed by atoms with van der Waals surface area (Å²) in [6.07, 6.45) is 6.58. The lowest BCUT2D eigenvalue weighted by molar-refractivity contribution is 0.167. The van der Waals surface area contributed by atoms with Crippen molar-refractivity contribution in [2.75, 3.05) is 19.8 Å². The van der Waals surface area contributed by atoms with E-state index in [9.17, 15) is 0 Å². The van der Waals surface area contributed by atoms with Crippen molar-refractivity contribution in [3.8, 4) is 17.1 Å². The predicted molar refractivity (Wildman–Crippen MR) is 83.0 cm³/mol. The Labute approximate surface area is 130 Å². The van der Waals surface area contributed by atoms with Crippen LogP contribution in [0.5, 0.6) is 5.75 Å². The van der Waals surface area contributed by atoms with Crippen LogP contribution in [0.4, 0.5) is 0 Å². The second-order valence-corrected chi connectivity index (χ2v) is 6.23. The monoisotopic (exact) mass is 299 g/mol. The zero-order valence-corrected chi connectivity index (χ0v) is 12.7. The van der Waals surface area contributed by atoms with Gasteiger partial charge in [0.2, 0.25) is 0 Å². The number of benzene rings is 1. The highest BCUT2D eigenvalue weighted by molar-refractivity contribution is 5.65. The fourth-order valence-corrected chi connectivity index (χ4v) is 2.97. The summed E-state index contributed by atoms with van der Waals surface area (Å²) >= 11 is 0. The summed E-state index contributed by atoms with van der Waals surface area (Å²) in [5, 5.41) is 0. The number of aromatic nitrogens is 1. The molecule has 1 atom stereocenters. The van der Waals surface area contributed by atoms with Gasteiger partial charge in [0.15, 0.2) is 11.7 Å². The van der Waals surface area contributed by atoms with Crippen LogP contribution in [0, 0.1) is 5.92 Å². The third kappa shape index (κ3) is 2.75. The van der Waals surface area contributed by atoms with E-state index in [2.05, 4.69) is 4.98 Å². The standard InChI is InChI=1S/C18H21NO3/c1-2-7-16(21-12-13-8-9-20-11-13)15(6-1)17-10-19-18(22-17)14-4-3-5-14/h1-2,6-7,10,13-14H,3-5,8-9,11-12H2. The maximum Gasteiger partial charge on any atom is 0.198 e. The minimum Gasteiger partial charge on any atom is -0.492 e. The van der Waals surface area contributed by atoms with Gasteiger partial charge in [-0.1, -0.05) is 18.6 Å². The molecule has 4 nitrogen and oxygen atoms in total. The molecule has 0 bridgehead atoms. The molecule has 1 aromatic carbocycles. The fraction of sp³-hybridized carbons (Fsp3) is 0.500. The van der Waals surface area contributed by atoms with Gasteiger partial charge >= 0.3 is 0 Å². The fourth-order valence-electron chi connectivity index (χ4n) is 2.97.